The largest absolute Gasteiger partial charge is 0.479 e. The molecule has 7 heteroatoms. The number of halogens is 1. The quantitative estimate of drug-likeness (QED) is 0.292. The monoisotopic (exact) mass is 260 g/mol. The molecule has 0 saturated heterocycles. The van der Waals surface area contributed by atoms with E-state index in [1.165, 1.54) is 12.2 Å². The highest BCUT2D eigenvalue weighted by atomic mass is 35.5. The molecule has 0 aliphatic rings. The van der Waals surface area contributed by atoms with E-state index in [2.05, 4.69) is 9.98 Å². The topological polar surface area (TPSA) is 96.2 Å². The van der Waals surface area contributed by atoms with Crippen molar-refractivity contribution in [2.45, 2.75) is 31.2 Å². The van der Waals surface area contributed by atoms with Crippen molar-refractivity contribution in [1.82, 2.24) is 0 Å². The summed E-state index contributed by atoms with van der Waals surface area (Å²) in [5.41, 5.74) is -1.56. The molecular weight excluding hydrogens is 248 g/mol. The molecule has 0 amide bonds. The lowest BCUT2D eigenvalue weighted by atomic mass is 9.90. The third kappa shape index (κ3) is 5.41. The molecule has 0 aliphatic heterocycles. The fourth-order valence-corrected chi connectivity index (χ4v) is 1.57. The number of hydrogen-bond acceptors (Lipinski definition) is 5. The number of rotatable bonds is 9. The maximum Gasteiger partial charge on any atom is 0.332 e. The summed E-state index contributed by atoms with van der Waals surface area (Å²) in [6, 6.07) is 0. The molecule has 6 nitrogen and oxygen atoms in total. The summed E-state index contributed by atoms with van der Waals surface area (Å²) in [4.78, 5) is 38.0. The predicted molar refractivity (Wildman–Crippen MR) is 60.7 cm³/mol. The van der Waals surface area contributed by atoms with Crippen LogP contribution in [0, 0.1) is 0 Å². The standard InChI is InChI=1S/C10H13ClN2O4/c11-5-2-1-3-10(9(16)17,13-8-15)4-6-12-7-14/h1-6H2,(H,16,17). The van der Waals surface area contributed by atoms with Gasteiger partial charge in [-0.2, -0.15) is 4.99 Å². The van der Waals surface area contributed by atoms with E-state index in [1.807, 2.05) is 0 Å². The van der Waals surface area contributed by atoms with Crippen LogP contribution in [0.2, 0.25) is 0 Å². The molecule has 1 atom stereocenters. The Balaban J connectivity index is 4.78. The average molecular weight is 261 g/mol. The van der Waals surface area contributed by atoms with Crippen LogP contribution in [-0.2, 0) is 14.4 Å². The second-order valence-corrected chi connectivity index (χ2v) is 3.79. The van der Waals surface area contributed by atoms with Crippen LogP contribution >= 0.6 is 11.6 Å². The van der Waals surface area contributed by atoms with Crippen molar-refractivity contribution >= 4 is 29.7 Å². The summed E-state index contributed by atoms with van der Waals surface area (Å²) in [5.74, 6) is -0.816. The van der Waals surface area contributed by atoms with E-state index in [-0.39, 0.29) is 19.4 Å². The Bertz CT molecular complexity index is 344. The zero-order valence-corrected chi connectivity index (χ0v) is 9.94. The zero-order chi connectivity index (χ0) is 13.1. The second-order valence-electron chi connectivity index (χ2n) is 3.41. The molecule has 0 fully saturated rings. The Kier molecular flexibility index (Phi) is 7.89. The molecule has 1 unspecified atom stereocenters. The number of carbonyl (C=O) groups excluding carboxylic acids is 2. The summed E-state index contributed by atoms with van der Waals surface area (Å²) < 4.78 is 0. The third-order valence-electron chi connectivity index (χ3n) is 2.33. The second kappa shape index (κ2) is 8.65. The Labute approximate surface area is 103 Å². The van der Waals surface area contributed by atoms with E-state index in [0.29, 0.717) is 18.7 Å². The first kappa shape index (κ1) is 15.5. The van der Waals surface area contributed by atoms with Crippen molar-refractivity contribution in [3.63, 3.8) is 0 Å². The van der Waals surface area contributed by atoms with E-state index in [4.69, 9.17) is 16.7 Å². The summed E-state index contributed by atoms with van der Waals surface area (Å²) >= 11 is 5.49. The SMILES string of the molecule is O=C=NCCC(CCCCCl)(N=C=O)C(=O)O. The van der Waals surface area contributed by atoms with Crippen molar-refractivity contribution < 1.29 is 19.5 Å². The summed E-state index contributed by atoms with van der Waals surface area (Å²) in [6.45, 7) is -0.0398. The summed E-state index contributed by atoms with van der Waals surface area (Å²) in [7, 11) is 0. The number of hydrogen-bond donors (Lipinski definition) is 1. The molecule has 0 aromatic rings. The number of carboxylic acids is 1. The zero-order valence-electron chi connectivity index (χ0n) is 9.19. The first-order chi connectivity index (χ1) is 8.13. The van der Waals surface area contributed by atoms with Crippen molar-refractivity contribution in [2.75, 3.05) is 12.4 Å². The molecule has 94 valence electrons. The highest BCUT2D eigenvalue weighted by Gasteiger charge is 2.37. The van der Waals surface area contributed by atoms with E-state index in [1.54, 1.807) is 0 Å². The number of carbonyl (C=O) groups is 1. The van der Waals surface area contributed by atoms with Gasteiger partial charge >= 0.3 is 5.97 Å². The van der Waals surface area contributed by atoms with Gasteiger partial charge in [0.25, 0.3) is 0 Å². The molecule has 0 radical (unpaired) electrons. The van der Waals surface area contributed by atoms with Crippen LogP contribution in [-0.4, -0.2) is 41.2 Å². The minimum Gasteiger partial charge on any atom is -0.479 e. The minimum absolute atomic E-state index is 0.0326. The van der Waals surface area contributed by atoms with E-state index in [9.17, 15) is 14.4 Å². The number of unbranched alkanes of at least 4 members (excludes halogenated alkanes) is 1. The van der Waals surface area contributed by atoms with Crippen molar-refractivity contribution in [1.29, 1.82) is 0 Å². The highest BCUT2D eigenvalue weighted by molar-refractivity contribution is 6.17. The van der Waals surface area contributed by atoms with Gasteiger partial charge in [0.1, 0.15) is 0 Å². The molecule has 0 saturated carbocycles. The lowest BCUT2D eigenvalue weighted by molar-refractivity contribution is -0.143. The molecule has 0 aliphatic carbocycles. The number of aliphatic carboxylic acids is 1. The predicted octanol–water partition coefficient (Wildman–Crippen LogP) is 1.28. The van der Waals surface area contributed by atoms with Gasteiger partial charge < -0.3 is 5.11 Å². The van der Waals surface area contributed by atoms with Crippen molar-refractivity contribution in [3.05, 3.63) is 0 Å². The van der Waals surface area contributed by atoms with Gasteiger partial charge in [-0.15, -0.1) is 11.6 Å². The van der Waals surface area contributed by atoms with Crippen LogP contribution < -0.4 is 0 Å². The van der Waals surface area contributed by atoms with Crippen LogP contribution in [0.1, 0.15) is 25.7 Å². The average Bonchev–Trinajstić information content (AvgIpc) is 2.29. The smallest absolute Gasteiger partial charge is 0.332 e. The number of nitrogens with zero attached hydrogens (tertiary/aromatic N) is 2. The fraction of sp³-hybridized carbons (Fsp3) is 0.700. The minimum atomic E-state index is -1.56. The number of carboxylic acid groups (broad SMARTS) is 1. The molecule has 0 spiro atoms. The summed E-state index contributed by atoms with van der Waals surface area (Å²) in [6.07, 6.45) is 3.85. The third-order valence-corrected chi connectivity index (χ3v) is 2.60. The van der Waals surface area contributed by atoms with Gasteiger partial charge in [0.2, 0.25) is 12.2 Å². The molecule has 1 N–H and O–H groups in total. The Morgan fingerprint density at radius 3 is 2.41 bits per heavy atom. The normalized spacial score (nSPS) is 13.0. The molecule has 0 heterocycles. The fourth-order valence-electron chi connectivity index (χ4n) is 1.38. The number of alkyl halides is 1. The first-order valence-electron chi connectivity index (χ1n) is 5.05. The molecule has 0 aromatic heterocycles. The van der Waals surface area contributed by atoms with Gasteiger partial charge in [0, 0.05) is 12.3 Å². The number of isocyanates is 2. The van der Waals surface area contributed by atoms with Crippen molar-refractivity contribution in [3.8, 4) is 0 Å². The first-order valence-corrected chi connectivity index (χ1v) is 5.58. The van der Waals surface area contributed by atoms with Gasteiger partial charge in [0.05, 0.1) is 6.54 Å². The molecule has 0 aromatic carbocycles. The van der Waals surface area contributed by atoms with Gasteiger partial charge in [-0.1, -0.05) is 0 Å². The Morgan fingerprint density at radius 2 is 1.94 bits per heavy atom. The maximum absolute atomic E-state index is 11.2. The lowest BCUT2D eigenvalue weighted by Crippen LogP contribution is -2.37. The van der Waals surface area contributed by atoms with Gasteiger partial charge in [-0.3, -0.25) is 0 Å². The van der Waals surface area contributed by atoms with Gasteiger partial charge in [-0.05, 0) is 19.3 Å². The lowest BCUT2D eigenvalue weighted by Gasteiger charge is -2.22. The highest BCUT2D eigenvalue weighted by Crippen LogP contribution is 2.24. The molecule has 0 rings (SSSR count). The van der Waals surface area contributed by atoms with Crippen LogP contribution in [0.15, 0.2) is 9.98 Å². The van der Waals surface area contributed by atoms with Crippen LogP contribution in [0.4, 0.5) is 0 Å². The maximum atomic E-state index is 11.2. The van der Waals surface area contributed by atoms with E-state index in [0.717, 1.165) is 0 Å². The number of aliphatic imine (C=N–C) groups is 2. The Morgan fingerprint density at radius 1 is 1.24 bits per heavy atom. The van der Waals surface area contributed by atoms with Crippen LogP contribution in [0.3, 0.4) is 0 Å². The van der Waals surface area contributed by atoms with Crippen LogP contribution in [0.25, 0.3) is 0 Å². The van der Waals surface area contributed by atoms with Crippen molar-refractivity contribution in [2.24, 2.45) is 9.98 Å². The van der Waals surface area contributed by atoms with Gasteiger partial charge in [0.15, 0.2) is 5.54 Å². The Hall–Kier alpha value is -1.48. The van der Waals surface area contributed by atoms with Gasteiger partial charge in [-0.25, -0.2) is 19.4 Å². The summed E-state index contributed by atoms with van der Waals surface area (Å²) in [5, 5.41) is 9.11. The molecule has 0 bridgehead atoms. The van der Waals surface area contributed by atoms with Crippen LogP contribution in [0.5, 0.6) is 0 Å². The molecular formula is C10H13ClN2O4. The van der Waals surface area contributed by atoms with E-state index < -0.39 is 11.5 Å². The molecule has 17 heavy (non-hydrogen) atoms. The van der Waals surface area contributed by atoms with E-state index >= 15 is 0 Å².